The van der Waals surface area contributed by atoms with Gasteiger partial charge in [-0.25, -0.2) is 4.79 Å². The van der Waals surface area contributed by atoms with Crippen molar-refractivity contribution in [1.29, 1.82) is 0 Å². The lowest BCUT2D eigenvalue weighted by atomic mass is 9.60. The van der Waals surface area contributed by atoms with Gasteiger partial charge < -0.3 is 19.0 Å². The number of carbonyl (C=O) groups excluding carboxylic acids is 2. The van der Waals surface area contributed by atoms with Crippen molar-refractivity contribution in [3.63, 3.8) is 0 Å². The molecule has 1 saturated carbocycles. The zero-order chi connectivity index (χ0) is 19.6. The van der Waals surface area contributed by atoms with Crippen molar-refractivity contribution in [2.24, 2.45) is 11.3 Å². The Balaban J connectivity index is 1.98. The zero-order valence-electron chi connectivity index (χ0n) is 16.2. The fraction of sp³-hybridized carbons (Fsp3) is 0.619. The molecule has 1 aromatic rings. The highest BCUT2D eigenvalue weighted by molar-refractivity contribution is 5.92. The predicted octanol–water partition coefficient (Wildman–Crippen LogP) is 3.70. The van der Waals surface area contributed by atoms with Crippen LogP contribution < -0.4 is 0 Å². The molecule has 3 rings (SSSR count). The summed E-state index contributed by atoms with van der Waals surface area (Å²) >= 11 is 0. The number of methoxy groups -OCH3 is 1. The summed E-state index contributed by atoms with van der Waals surface area (Å²) in [6.45, 7) is 3.77. The Morgan fingerprint density at radius 3 is 2.89 bits per heavy atom. The van der Waals surface area contributed by atoms with E-state index in [9.17, 15) is 14.7 Å². The van der Waals surface area contributed by atoms with Crippen LogP contribution >= 0.6 is 0 Å². The summed E-state index contributed by atoms with van der Waals surface area (Å²) in [5.74, 6) is -0.887. The Kier molecular flexibility index (Phi) is 5.75. The molecule has 1 aromatic heterocycles. The van der Waals surface area contributed by atoms with E-state index in [1.54, 1.807) is 25.5 Å². The third kappa shape index (κ3) is 3.81. The number of aliphatic hydroxyl groups excluding tert-OH is 1. The highest BCUT2D eigenvalue weighted by atomic mass is 16.6. The van der Waals surface area contributed by atoms with E-state index in [4.69, 9.17) is 13.9 Å². The van der Waals surface area contributed by atoms with Crippen LogP contribution in [0.1, 0.15) is 64.0 Å². The molecule has 0 radical (unpaired) electrons. The van der Waals surface area contributed by atoms with Gasteiger partial charge in [0.05, 0.1) is 31.7 Å². The first-order chi connectivity index (χ1) is 12.9. The number of carbonyl (C=O) groups is 2. The van der Waals surface area contributed by atoms with Gasteiger partial charge in [-0.3, -0.25) is 4.79 Å². The molecule has 0 bridgehead atoms. The van der Waals surface area contributed by atoms with Gasteiger partial charge in [-0.1, -0.05) is 12.5 Å². The second-order valence-electron chi connectivity index (χ2n) is 7.89. The Morgan fingerprint density at radius 1 is 1.48 bits per heavy atom. The molecule has 6 nitrogen and oxygen atoms in total. The van der Waals surface area contributed by atoms with Gasteiger partial charge >= 0.3 is 11.9 Å². The summed E-state index contributed by atoms with van der Waals surface area (Å²) in [6, 6.07) is 1.80. The summed E-state index contributed by atoms with van der Waals surface area (Å²) in [7, 11) is 1.40. The van der Waals surface area contributed by atoms with Crippen LogP contribution in [0.25, 0.3) is 0 Å². The van der Waals surface area contributed by atoms with Gasteiger partial charge in [-0.05, 0) is 45.1 Å². The van der Waals surface area contributed by atoms with Crippen molar-refractivity contribution in [1.82, 2.24) is 0 Å². The first-order valence-electron chi connectivity index (χ1n) is 9.58. The van der Waals surface area contributed by atoms with Crippen LogP contribution in [0.3, 0.4) is 0 Å². The molecule has 27 heavy (non-hydrogen) atoms. The fourth-order valence-corrected chi connectivity index (χ4v) is 4.55. The lowest BCUT2D eigenvalue weighted by Gasteiger charge is -2.43. The highest BCUT2D eigenvalue weighted by Gasteiger charge is 2.48. The van der Waals surface area contributed by atoms with E-state index < -0.39 is 11.5 Å². The van der Waals surface area contributed by atoms with Gasteiger partial charge in [-0.15, -0.1) is 0 Å². The number of esters is 2. The van der Waals surface area contributed by atoms with Crippen LogP contribution in [0.5, 0.6) is 0 Å². The number of cyclic esters (lactones) is 1. The molecule has 6 heteroatoms. The van der Waals surface area contributed by atoms with E-state index >= 15 is 0 Å². The summed E-state index contributed by atoms with van der Waals surface area (Å²) in [5.41, 5.74) is 1.97. The highest BCUT2D eigenvalue weighted by Crippen LogP contribution is 2.52. The van der Waals surface area contributed by atoms with Crippen LogP contribution in [0.4, 0.5) is 0 Å². The minimum Gasteiger partial charge on any atom is -0.472 e. The van der Waals surface area contributed by atoms with Gasteiger partial charge in [0.1, 0.15) is 6.10 Å². The van der Waals surface area contributed by atoms with E-state index in [2.05, 4.69) is 0 Å². The maximum atomic E-state index is 12.7. The van der Waals surface area contributed by atoms with Crippen molar-refractivity contribution in [2.75, 3.05) is 7.11 Å². The second kappa shape index (κ2) is 7.89. The summed E-state index contributed by atoms with van der Waals surface area (Å²) in [5, 5.41) is 9.82. The Morgan fingerprint density at radius 2 is 2.26 bits per heavy atom. The molecule has 2 heterocycles. The molecule has 1 aliphatic carbocycles. The first-order valence-corrected chi connectivity index (χ1v) is 9.58. The molecule has 1 aliphatic heterocycles. The minimum atomic E-state index is -0.526. The Hall–Kier alpha value is -2.08. The van der Waals surface area contributed by atoms with Crippen molar-refractivity contribution >= 4 is 11.9 Å². The lowest BCUT2D eigenvalue weighted by molar-refractivity contribution is -0.151. The van der Waals surface area contributed by atoms with E-state index in [0.29, 0.717) is 24.8 Å². The van der Waals surface area contributed by atoms with Crippen LogP contribution in [0, 0.1) is 11.3 Å². The maximum absolute atomic E-state index is 12.7. The van der Waals surface area contributed by atoms with Gasteiger partial charge in [0.2, 0.25) is 0 Å². The predicted molar refractivity (Wildman–Crippen MR) is 97.6 cm³/mol. The molecule has 4 atom stereocenters. The smallest absolute Gasteiger partial charge is 0.334 e. The maximum Gasteiger partial charge on any atom is 0.334 e. The summed E-state index contributed by atoms with van der Waals surface area (Å²) in [6.07, 6.45) is 6.30. The van der Waals surface area contributed by atoms with Gasteiger partial charge in [0, 0.05) is 23.0 Å². The molecule has 0 spiro atoms. The lowest BCUT2D eigenvalue weighted by Crippen LogP contribution is -2.40. The molecule has 0 unspecified atom stereocenters. The average Bonchev–Trinajstić information content (AvgIpc) is 3.29. The molecule has 148 valence electrons. The molecular formula is C21H28O6. The number of ether oxygens (including phenoxy) is 2. The molecule has 1 saturated heterocycles. The number of aliphatic hydroxyl groups is 1. The number of furan rings is 1. The largest absolute Gasteiger partial charge is 0.472 e. The Bertz CT molecular complexity index is 717. The van der Waals surface area contributed by atoms with E-state index in [1.807, 2.05) is 6.92 Å². The average molecular weight is 376 g/mol. The minimum absolute atomic E-state index is 0.251. The normalized spacial score (nSPS) is 32.2. The third-order valence-corrected chi connectivity index (χ3v) is 6.11. The Labute approximate surface area is 159 Å². The first kappa shape index (κ1) is 19.7. The van der Waals surface area contributed by atoms with Crippen LogP contribution in [-0.4, -0.2) is 30.3 Å². The van der Waals surface area contributed by atoms with Crippen LogP contribution in [0.2, 0.25) is 0 Å². The second-order valence-corrected chi connectivity index (χ2v) is 7.89. The van der Waals surface area contributed by atoms with Crippen molar-refractivity contribution < 1.29 is 28.6 Å². The molecule has 0 amide bonds. The SMILES string of the molecule is COC(=O)[C@@H]1CCCC(=C2C[C@@H](c3ccoc3)OC2=O)[C@]1(C)CC[C@@H](C)O. The molecule has 0 aromatic carbocycles. The summed E-state index contributed by atoms with van der Waals surface area (Å²) < 4.78 is 15.8. The van der Waals surface area contributed by atoms with E-state index in [-0.39, 0.29) is 24.0 Å². The molecule has 2 aliphatic rings. The van der Waals surface area contributed by atoms with Gasteiger partial charge in [-0.2, -0.15) is 0 Å². The van der Waals surface area contributed by atoms with Gasteiger partial charge in [0.15, 0.2) is 0 Å². The number of hydrogen-bond acceptors (Lipinski definition) is 6. The quantitative estimate of drug-likeness (QED) is 0.623. The monoisotopic (exact) mass is 376 g/mol. The summed E-state index contributed by atoms with van der Waals surface area (Å²) in [4.78, 5) is 25.2. The topological polar surface area (TPSA) is 86.0 Å². The van der Waals surface area contributed by atoms with E-state index in [0.717, 1.165) is 30.4 Å². The van der Waals surface area contributed by atoms with Crippen molar-refractivity contribution in [2.45, 2.75) is 64.6 Å². The van der Waals surface area contributed by atoms with E-state index in [1.165, 1.54) is 7.11 Å². The van der Waals surface area contributed by atoms with Crippen LogP contribution in [-0.2, 0) is 19.1 Å². The van der Waals surface area contributed by atoms with Crippen molar-refractivity contribution in [3.8, 4) is 0 Å². The zero-order valence-corrected chi connectivity index (χ0v) is 16.2. The number of allylic oxidation sites excluding steroid dienone is 1. The van der Waals surface area contributed by atoms with Crippen LogP contribution in [0.15, 0.2) is 34.2 Å². The van der Waals surface area contributed by atoms with Crippen molar-refractivity contribution in [3.05, 3.63) is 35.3 Å². The number of rotatable bonds is 5. The fourth-order valence-electron chi connectivity index (χ4n) is 4.55. The van der Waals surface area contributed by atoms with Gasteiger partial charge in [0.25, 0.3) is 0 Å². The standard InChI is InChI=1S/C21H28O6/c1-13(22)7-9-21(2)16(5-4-6-17(21)20(24)25-3)15-11-18(27-19(15)23)14-8-10-26-12-14/h8,10,12-13,17-18,22H,4-7,9,11H2,1-3H3/t13-,17+,18+,21+/m1/s1. The molecule has 2 fully saturated rings. The molecular weight excluding hydrogens is 348 g/mol. The molecule has 1 N–H and O–H groups in total. The number of hydrogen-bond donors (Lipinski definition) is 1. The third-order valence-electron chi connectivity index (χ3n) is 6.11.